The number of carbonyl (C=O) groups is 2. The molecule has 2 rings (SSSR count). The quantitative estimate of drug-likeness (QED) is 0.519. The van der Waals surface area contributed by atoms with Gasteiger partial charge in [-0.15, -0.1) is 6.58 Å². The van der Waals surface area contributed by atoms with Crippen molar-refractivity contribution in [3.8, 4) is 0 Å². The SMILES string of the molecule is C=CC[C@@H](C(=O)N1C(=O)O[C@@H](c2ccccc2)[C@H]1C)[C@H](C)CCCC(C)C. The van der Waals surface area contributed by atoms with Crippen LogP contribution in [0.25, 0.3) is 0 Å². The molecule has 0 spiro atoms. The molecule has 0 unspecified atom stereocenters. The van der Waals surface area contributed by atoms with E-state index in [4.69, 9.17) is 4.74 Å². The highest BCUT2D eigenvalue weighted by molar-refractivity contribution is 5.95. The highest BCUT2D eigenvalue weighted by Gasteiger charge is 2.45. The highest BCUT2D eigenvalue weighted by atomic mass is 16.6. The van der Waals surface area contributed by atoms with E-state index in [2.05, 4.69) is 27.4 Å². The van der Waals surface area contributed by atoms with Gasteiger partial charge in [-0.1, -0.05) is 70.0 Å². The van der Waals surface area contributed by atoms with Crippen LogP contribution in [0.1, 0.15) is 65.0 Å². The van der Waals surface area contributed by atoms with Gasteiger partial charge in [-0.2, -0.15) is 0 Å². The molecule has 0 aliphatic carbocycles. The molecular weight excluding hydrogens is 338 g/mol. The van der Waals surface area contributed by atoms with Gasteiger partial charge in [-0.3, -0.25) is 4.79 Å². The first-order valence-corrected chi connectivity index (χ1v) is 10.1. The van der Waals surface area contributed by atoms with Crippen LogP contribution < -0.4 is 0 Å². The number of allylic oxidation sites excluding steroid dienone is 1. The van der Waals surface area contributed by atoms with E-state index in [1.54, 1.807) is 6.08 Å². The molecule has 1 aromatic carbocycles. The predicted molar refractivity (Wildman–Crippen MR) is 108 cm³/mol. The van der Waals surface area contributed by atoms with Crippen LogP contribution >= 0.6 is 0 Å². The number of cyclic esters (lactones) is 1. The average molecular weight is 372 g/mol. The Morgan fingerprint density at radius 1 is 1.22 bits per heavy atom. The minimum atomic E-state index is -0.537. The summed E-state index contributed by atoms with van der Waals surface area (Å²) in [6.45, 7) is 12.2. The number of amides is 2. The molecule has 2 amide bonds. The third kappa shape index (κ3) is 5.21. The first-order valence-electron chi connectivity index (χ1n) is 10.1. The maximum atomic E-state index is 13.2. The Kier molecular flexibility index (Phi) is 7.64. The van der Waals surface area contributed by atoms with Crippen molar-refractivity contribution in [2.45, 2.75) is 65.5 Å². The van der Waals surface area contributed by atoms with Crippen molar-refractivity contribution in [2.24, 2.45) is 17.8 Å². The lowest BCUT2D eigenvalue weighted by atomic mass is 9.85. The summed E-state index contributed by atoms with van der Waals surface area (Å²) < 4.78 is 5.55. The van der Waals surface area contributed by atoms with E-state index in [9.17, 15) is 9.59 Å². The van der Waals surface area contributed by atoms with E-state index < -0.39 is 12.2 Å². The number of carbonyl (C=O) groups excluding carboxylic acids is 2. The molecule has 0 radical (unpaired) electrons. The Morgan fingerprint density at radius 3 is 2.48 bits per heavy atom. The third-order valence-electron chi connectivity index (χ3n) is 5.50. The van der Waals surface area contributed by atoms with E-state index in [0.717, 1.165) is 24.8 Å². The summed E-state index contributed by atoms with van der Waals surface area (Å²) in [7, 11) is 0. The van der Waals surface area contributed by atoms with Crippen LogP contribution in [0.2, 0.25) is 0 Å². The van der Waals surface area contributed by atoms with E-state index in [1.807, 2.05) is 37.3 Å². The Labute approximate surface area is 163 Å². The molecule has 1 aromatic rings. The van der Waals surface area contributed by atoms with Crippen molar-refractivity contribution in [3.05, 3.63) is 48.6 Å². The molecule has 1 aliphatic rings. The summed E-state index contributed by atoms with van der Waals surface area (Å²) in [5.74, 6) is 0.484. The molecule has 1 fully saturated rings. The fraction of sp³-hybridized carbons (Fsp3) is 0.565. The van der Waals surface area contributed by atoms with Gasteiger partial charge in [0, 0.05) is 5.92 Å². The van der Waals surface area contributed by atoms with Crippen LogP contribution in [0.4, 0.5) is 4.79 Å². The summed E-state index contributed by atoms with van der Waals surface area (Å²) in [5, 5.41) is 0. The number of ether oxygens (including phenoxy) is 1. The second-order valence-corrected chi connectivity index (χ2v) is 8.10. The van der Waals surface area contributed by atoms with E-state index >= 15 is 0 Å². The van der Waals surface area contributed by atoms with Gasteiger partial charge in [0.2, 0.25) is 5.91 Å². The minimum absolute atomic E-state index is 0.136. The largest absolute Gasteiger partial charge is 0.439 e. The standard InChI is InChI=1S/C23H33NO3/c1-6-11-20(17(4)13-10-12-16(2)3)22(25)24-18(5)21(27-23(24)26)19-14-8-7-9-15-19/h6-9,14-18,20-21H,1,10-13H2,2-5H3/t17-,18-,20-,21-/m1/s1. The van der Waals surface area contributed by atoms with Crippen molar-refractivity contribution in [1.82, 2.24) is 4.90 Å². The van der Waals surface area contributed by atoms with Crippen LogP contribution in [0.5, 0.6) is 0 Å². The van der Waals surface area contributed by atoms with E-state index in [-0.39, 0.29) is 23.8 Å². The molecule has 27 heavy (non-hydrogen) atoms. The maximum Gasteiger partial charge on any atom is 0.417 e. The Bertz CT molecular complexity index is 640. The summed E-state index contributed by atoms with van der Waals surface area (Å²) in [4.78, 5) is 27.1. The minimum Gasteiger partial charge on any atom is -0.439 e. The van der Waals surface area contributed by atoms with Crippen molar-refractivity contribution in [1.29, 1.82) is 0 Å². The number of benzene rings is 1. The van der Waals surface area contributed by atoms with Crippen molar-refractivity contribution in [3.63, 3.8) is 0 Å². The lowest BCUT2D eigenvalue weighted by Gasteiger charge is -2.27. The molecular formula is C23H33NO3. The molecule has 0 N–H and O–H groups in total. The fourth-order valence-electron chi connectivity index (χ4n) is 3.83. The van der Waals surface area contributed by atoms with Crippen LogP contribution in [-0.4, -0.2) is 22.9 Å². The Balaban J connectivity index is 2.12. The average Bonchev–Trinajstić information content (AvgIpc) is 2.93. The Morgan fingerprint density at radius 2 is 1.89 bits per heavy atom. The molecule has 4 atom stereocenters. The number of hydrogen-bond donors (Lipinski definition) is 0. The summed E-state index contributed by atoms with van der Waals surface area (Å²) in [6.07, 6.45) is 4.62. The van der Waals surface area contributed by atoms with Gasteiger partial charge in [0.15, 0.2) is 0 Å². The molecule has 0 saturated carbocycles. The van der Waals surface area contributed by atoms with Gasteiger partial charge in [0.25, 0.3) is 0 Å². The lowest BCUT2D eigenvalue weighted by molar-refractivity contribution is -0.135. The molecule has 0 aromatic heterocycles. The van der Waals surface area contributed by atoms with Gasteiger partial charge in [-0.25, -0.2) is 9.69 Å². The topological polar surface area (TPSA) is 46.6 Å². The second-order valence-electron chi connectivity index (χ2n) is 8.10. The van der Waals surface area contributed by atoms with Crippen molar-refractivity contribution >= 4 is 12.0 Å². The van der Waals surface area contributed by atoms with Gasteiger partial charge in [0.1, 0.15) is 6.10 Å². The molecule has 1 heterocycles. The summed E-state index contributed by atoms with van der Waals surface area (Å²) >= 11 is 0. The van der Waals surface area contributed by atoms with Crippen LogP contribution in [0.15, 0.2) is 43.0 Å². The van der Waals surface area contributed by atoms with Crippen LogP contribution in [0, 0.1) is 17.8 Å². The second kappa shape index (κ2) is 9.72. The van der Waals surface area contributed by atoms with Crippen molar-refractivity contribution < 1.29 is 14.3 Å². The number of nitrogens with zero attached hydrogens (tertiary/aromatic N) is 1. The highest BCUT2D eigenvalue weighted by Crippen LogP contribution is 2.35. The zero-order valence-electron chi connectivity index (χ0n) is 17.1. The first-order chi connectivity index (χ1) is 12.9. The molecule has 0 bridgehead atoms. The van der Waals surface area contributed by atoms with Crippen LogP contribution in [-0.2, 0) is 9.53 Å². The number of hydrogen-bond acceptors (Lipinski definition) is 3. The molecule has 1 aliphatic heterocycles. The normalized spacial score (nSPS) is 21.8. The molecule has 148 valence electrons. The molecule has 4 heteroatoms. The summed E-state index contributed by atoms with van der Waals surface area (Å²) in [6, 6.07) is 9.29. The first kappa shape index (κ1) is 21.2. The fourth-order valence-corrected chi connectivity index (χ4v) is 3.83. The monoisotopic (exact) mass is 371 g/mol. The smallest absolute Gasteiger partial charge is 0.417 e. The molecule has 4 nitrogen and oxygen atoms in total. The Hall–Kier alpha value is -2.10. The van der Waals surface area contributed by atoms with Gasteiger partial charge < -0.3 is 4.74 Å². The zero-order chi connectivity index (χ0) is 20.0. The van der Waals surface area contributed by atoms with Crippen molar-refractivity contribution in [2.75, 3.05) is 0 Å². The number of rotatable bonds is 9. The van der Waals surface area contributed by atoms with E-state index in [0.29, 0.717) is 12.3 Å². The van der Waals surface area contributed by atoms with Crippen LogP contribution in [0.3, 0.4) is 0 Å². The zero-order valence-corrected chi connectivity index (χ0v) is 17.1. The van der Waals surface area contributed by atoms with Gasteiger partial charge in [0.05, 0.1) is 6.04 Å². The third-order valence-corrected chi connectivity index (χ3v) is 5.50. The lowest BCUT2D eigenvalue weighted by Crippen LogP contribution is -2.43. The van der Waals surface area contributed by atoms with E-state index in [1.165, 1.54) is 4.90 Å². The number of imide groups is 1. The summed E-state index contributed by atoms with van der Waals surface area (Å²) in [5.41, 5.74) is 0.916. The maximum absolute atomic E-state index is 13.2. The van der Waals surface area contributed by atoms with Gasteiger partial charge in [-0.05, 0) is 37.2 Å². The van der Waals surface area contributed by atoms with Gasteiger partial charge >= 0.3 is 6.09 Å². The predicted octanol–water partition coefficient (Wildman–Crippen LogP) is 5.75. The molecule has 1 saturated heterocycles.